The molecule has 3 aromatic carbocycles. The predicted molar refractivity (Wildman–Crippen MR) is 122 cm³/mol. The molecule has 0 bridgehead atoms. The Morgan fingerprint density at radius 1 is 0.935 bits per heavy atom. The zero-order valence-electron chi connectivity index (χ0n) is 17.7. The summed E-state index contributed by atoms with van der Waals surface area (Å²) in [4.78, 5) is 21.3. The molecule has 0 saturated carbocycles. The number of fused-ring (bicyclic) bond motifs is 1. The Morgan fingerprint density at radius 3 is 2.42 bits per heavy atom. The fourth-order valence-corrected chi connectivity index (χ4v) is 3.45. The second-order valence-electron chi connectivity index (χ2n) is 7.73. The van der Waals surface area contributed by atoms with E-state index >= 15 is 0 Å². The standard InChI is InChI=1S/C26H25N3O2/c1-18-6-8-21(9-7-18)17-31-22-12-10-20(11-13-22)16-19(2)29-26(30)23-4-3-5-24-25(23)28-15-14-27-24/h3-15,19H,16-17H2,1-2H3,(H,29,30). The van der Waals surface area contributed by atoms with Crippen molar-refractivity contribution in [3.05, 3.63) is 101 Å². The van der Waals surface area contributed by atoms with Crippen LogP contribution in [0, 0.1) is 6.92 Å². The Bertz CT molecular complexity index is 1170. The fourth-order valence-electron chi connectivity index (χ4n) is 3.45. The minimum Gasteiger partial charge on any atom is -0.489 e. The second-order valence-corrected chi connectivity index (χ2v) is 7.73. The van der Waals surface area contributed by atoms with Crippen LogP contribution >= 0.6 is 0 Å². The number of nitrogens with zero attached hydrogens (tertiary/aromatic N) is 2. The van der Waals surface area contributed by atoms with Crippen LogP contribution in [0.4, 0.5) is 0 Å². The quantitative estimate of drug-likeness (QED) is 0.471. The van der Waals surface area contributed by atoms with E-state index in [4.69, 9.17) is 4.74 Å². The van der Waals surface area contributed by atoms with Crippen LogP contribution in [0.1, 0.15) is 34.0 Å². The van der Waals surface area contributed by atoms with Crippen LogP contribution in [0.25, 0.3) is 11.0 Å². The Labute approximate surface area is 182 Å². The van der Waals surface area contributed by atoms with Crippen molar-refractivity contribution in [2.75, 3.05) is 0 Å². The van der Waals surface area contributed by atoms with Gasteiger partial charge >= 0.3 is 0 Å². The van der Waals surface area contributed by atoms with E-state index in [0.29, 0.717) is 23.2 Å². The molecule has 1 N–H and O–H groups in total. The number of carbonyl (C=O) groups is 1. The number of rotatable bonds is 7. The third-order valence-electron chi connectivity index (χ3n) is 5.11. The molecule has 0 aliphatic heterocycles. The molecule has 0 aliphatic rings. The van der Waals surface area contributed by atoms with Gasteiger partial charge in [0.15, 0.2) is 0 Å². The molecule has 5 nitrogen and oxygen atoms in total. The number of hydrogen-bond acceptors (Lipinski definition) is 4. The molecule has 0 spiro atoms. The minimum atomic E-state index is -0.142. The molecular formula is C26H25N3O2. The summed E-state index contributed by atoms with van der Waals surface area (Å²) in [6, 6.07) is 21.8. The summed E-state index contributed by atoms with van der Waals surface area (Å²) in [6.45, 7) is 4.61. The van der Waals surface area contributed by atoms with Crippen LogP contribution in [0.5, 0.6) is 5.75 Å². The highest BCUT2D eigenvalue weighted by Gasteiger charge is 2.14. The molecule has 0 fully saturated rings. The third kappa shape index (κ3) is 5.25. The first-order chi connectivity index (χ1) is 15.1. The molecule has 0 saturated heterocycles. The molecular weight excluding hydrogens is 386 g/mol. The number of nitrogens with one attached hydrogen (secondary N) is 1. The summed E-state index contributed by atoms with van der Waals surface area (Å²) in [5, 5.41) is 3.06. The van der Waals surface area contributed by atoms with Gasteiger partial charge in [-0.2, -0.15) is 0 Å². The van der Waals surface area contributed by atoms with Gasteiger partial charge in [-0.1, -0.05) is 48.0 Å². The summed E-state index contributed by atoms with van der Waals surface area (Å²) < 4.78 is 5.87. The fraction of sp³-hybridized carbons (Fsp3) is 0.192. The van der Waals surface area contributed by atoms with Crippen molar-refractivity contribution in [2.24, 2.45) is 0 Å². The van der Waals surface area contributed by atoms with E-state index in [-0.39, 0.29) is 11.9 Å². The average Bonchev–Trinajstić information content (AvgIpc) is 2.79. The molecule has 0 radical (unpaired) electrons. The third-order valence-corrected chi connectivity index (χ3v) is 5.11. The number of para-hydroxylation sites is 1. The maximum Gasteiger partial charge on any atom is 0.253 e. The molecule has 31 heavy (non-hydrogen) atoms. The van der Waals surface area contributed by atoms with E-state index in [2.05, 4.69) is 46.5 Å². The van der Waals surface area contributed by atoms with Crippen molar-refractivity contribution in [1.82, 2.24) is 15.3 Å². The molecule has 5 heteroatoms. The molecule has 1 heterocycles. The van der Waals surface area contributed by atoms with E-state index < -0.39 is 0 Å². The van der Waals surface area contributed by atoms with E-state index in [1.807, 2.05) is 43.3 Å². The molecule has 1 unspecified atom stereocenters. The summed E-state index contributed by atoms with van der Waals surface area (Å²) in [5.74, 6) is 0.687. The first kappa shape index (κ1) is 20.5. The van der Waals surface area contributed by atoms with Gasteiger partial charge < -0.3 is 10.1 Å². The van der Waals surface area contributed by atoms with E-state index in [1.165, 1.54) is 5.56 Å². The lowest BCUT2D eigenvalue weighted by molar-refractivity contribution is 0.0941. The van der Waals surface area contributed by atoms with Gasteiger partial charge in [0.2, 0.25) is 0 Å². The Balaban J connectivity index is 1.33. The smallest absolute Gasteiger partial charge is 0.253 e. The van der Waals surface area contributed by atoms with Gasteiger partial charge in [-0.15, -0.1) is 0 Å². The summed E-state index contributed by atoms with van der Waals surface area (Å²) in [7, 11) is 0. The number of amides is 1. The maximum absolute atomic E-state index is 12.8. The largest absolute Gasteiger partial charge is 0.489 e. The van der Waals surface area contributed by atoms with E-state index in [1.54, 1.807) is 18.5 Å². The zero-order valence-corrected chi connectivity index (χ0v) is 17.7. The number of hydrogen-bond donors (Lipinski definition) is 1. The van der Waals surface area contributed by atoms with Gasteiger partial charge in [-0.25, -0.2) is 0 Å². The first-order valence-corrected chi connectivity index (χ1v) is 10.4. The lowest BCUT2D eigenvalue weighted by Gasteiger charge is -2.15. The van der Waals surface area contributed by atoms with Gasteiger partial charge in [0.1, 0.15) is 17.9 Å². The highest BCUT2D eigenvalue weighted by atomic mass is 16.5. The number of aryl methyl sites for hydroxylation is 1. The van der Waals surface area contributed by atoms with Crippen LogP contribution in [-0.2, 0) is 13.0 Å². The van der Waals surface area contributed by atoms with Crippen LogP contribution in [0.3, 0.4) is 0 Å². The lowest BCUT2D eigenvalue weighted by Crippen LogP contribution is -2.34. The molecule has 4 aromatic rings. The van der Waals surface area contributed by atoms with Gasteiger partial charge in [-0.05, 0) is 55.7 Å². The van der Waals surface area contributed by atoms with Crippen LogP contribution in [-0.4, -0.2) is 21.9 Å². The van der Waals surface area contributed by atoms with Crippen molar-refractivity contribution in [2.45, 2.75) is 32.9 Å². The maximum atomic E-state index is 12.8. The molecule has 4 rings (SSSR count). The van der Waals surface area contributed by atoms with Crippen LogP contribution in [0.15, 0.2) is 79.1 Å². The SMILES string of the molecule is Cc1ccc(COc2ccc(CC(C)NC(=O)c3cccc4nccnc34)cc2)cc1. The average molecular weight is 412 g/mol. The van der Waals surface area contributed by atoms with Gasteiger partial charge in [0.25, 0.3) is 5.91 Å². The molecule has 156 valence electrons. The molecule has 1 atom stereocenters. The van der Waals surface area contributed by atoms with Crippen molar-refractivity contribution in [3.63, 3.8) is 0 Å². The van der Waals surface area contributed by atoms with Crippen molar-refractivity contribution >= 4 is 16.9 Å². The normalized spacial score (nSPS) is 11.8. The van der Waals surface area contributed by atoms with Crippen molar-refractivity contribution in [3.8, 4) is 5.75 Å². The van der Waals surface area contributed by atoms with Crippen LogP contribution in [0.2, 0.25) is 0 Å². The minimum absolute atomic E-state index is 0.0289. The predicted octanol–water partition coefficient (Wildman–Crippen LogP) is 4.88. The van der Waals surface area contributed by atoms with E-state index in [9.17, 15) is 4.79 Å². The number of benzene rings is 3. The highest BCUT2D eigenvalue weighted by Crippen LogP contribution is 2.17. The van der Waals surface area contributed by atoms with Crippen molar-refractivity contribution in [1.29, 1.82) is 0 Å². The Kier molecular flexibility index (Phi) is 6.22. The first-order valence-electron chi connectivity index (χ1n) is 10.4. The number of ether oxygens (including phenoxy) is 1. The highest BCUT2D eigenvalue weighted by molar-refractivity contribution is 6.04. The number of carbonyl (C=O) groups excluding carboxylic acids is 1. The summed E-state index contributed by atoms with van der Waals surface area (Å²) >= 11 is 0. The molecule has 1 amide bonds. The zero-order chi connectivity index (χ0) is 21.6. The monoisotopic (exact) mass is 411 g/mol. The van der Waals surface area contributed by atoms with Gasteiger partial charge in [0, 0.05) is 18.4 Å². The van der Waals surface area contributed by atoms with Gasteiger partial charge in [-0.3, -0.25) is 14.8 Å². The molecule has 1 aromatic heterocycles. The topological polar surface area (TPSA) is 64.1 Å². The van der Waals surface area contributed by atoms with E-state index in [0.717, 1.165) is 23.3 Å². The van der Waals surface area contributed by atoms with Gasteiger partial charge in [0.05, 0.1) is 11.1 Å². The Hall–Kier alpha value is -3.73. The summed E-state index contributed by atoms with van der Waals surface area (Å²) in [5.41, 5.74) is 5.38. The van der Waals surface area contributed by atoms with Crippen LogP contribution < -0.4 is 10.1 Å². The molecule has 0 aliphatic carbocycles. The summed E-state index contributed by atoms with van der Waals surface area (Å²) in [6.07, 6.45) is 3.95. The van der Waals surface area contributed by atoms with Crippen molar-refractivity contribution < 1.29 is 9.53 Å². The second kappa shape index (κ2) is 9.39. The lowest BCUT2D eigenvalue weighted by atomic mass is 10.1. The number of aromatic nitrogens is 2. The Morgan fingerprint density at radius 2 is 1.65 bits per heavy atom.